The summed E-state index contributed by atoms with van der Waals surface area (Å²) >= 11 is 0. The molecule has 2 fully saturated rings. The molecule has 3 rings (SSSR count). The predicted octanol–water partition coefficient (Wildman–Crippen LogP) is 6.13. The first-order valence-corrected chi connectivity index (χ1v) is 13.3. The summed E-state index contributed by atoms with van der Waals surface area (Å²) < 4.78 is 50.6. The van der Waals surface area contributed by atoms with Gasteiger partial charge in [0.25, 0.3) is 0 Å². The van der Waals surface area contributed by atoms with Crippen molar-refractivity contribution in [2.45, 2.75) is 83.0 Å². The molecule has 1 N–H and O–H groups in total. The number of rotatable bonds is 6. The molecule has 0 radical (unpaired) electrons. The Morgan fingerprint density at radius 3 is 2.74 bits per heavy atom. The number of aliphatic hydroxyl groups excluding tert-OH is 1. The summed E-state index contributed by atoms with van der Waals surface area (Å²) in [5, 5.41) is 6.31. The quantitative estimate of drug-likeness (QED) is 0.491. The van der Waals surface area contributed by atoms with Gasteiger partial charge < -0.3 is 5.11 Å². The van der Waals surface area contributed by atoms with Gasteiger partial charge in [0, 0.05) is 12.7 Å². The molecule has 0 aromatic carbocycles. The highest BCUT2D eigenvalue weighted by atomic mass is 32.2. The van der Waals surface area contributed by atoms with Gasteiger partial charge in [-0.05, 0) is 74.2 Å². The maximum absolute atomic E-state index is 14.0. The second kappa shape index (κ2) is 8.93. The molecule has 3 aliphatic rings. The van der Waals surface area contributed by atoms with Gasteiger partial charge in [-0.2, -0.15) is 8.78 Å². The molecule has 0 saturated heterocycles. The normalized spacial score (nSPS) is 33.5. The zero-order valence-corrected chi connectivity index (χ0v) is 19.8. The summed E-state index contributed by atoms with van der Waals surface area (Å²) in [4.78, 5) is 0. The van der Waals surface area contributed by atoms with Crippen molar-refractivity contribution in [3.05, 3.63) is 47.1 Å². The Morgan fingerprint density at radius 1 is 1.35 bits per heavy atom. The van der Waals surface area contributed by atoms with Crippen LogP contribution >= 0.6 is 0 Å². The molecule has 0 aromatic rings. The van der Waals surface area contributed by atoms with Crippen LogP contribution in [-0.2, 0) is 9.84 Å². The minimum Gasteiger partial charge on any atom is -0.393 e. The topological polar surface area (TPSA) is 54.4 Å². The van der Waals surface area contributed by atoms with Crippen LogP contribution in [0.5, 0.6) is 0 Å². The Balaban J connectivity index is 1.74. The Kier molecular flexibility index (Phi) is 7.02. The fourth-order valence-corrected chi connectivity index (χ4v) is 6.23. The molecule has 3 nitrogen and oxygen atoms in total. The van der Waals surface area contributed by atoms with Gasteiger partial charge in [-0.1, -0.05) is 55.4 Å². The van der Waals surface area contributed by atoms with E-state index in [0.29, 0.717) is 18.6 Å². The zero-order chi connectivity index (χ0) is 23.0. The third kappa shape index (κ3) is 5.05. The number of alkyl halides is 2. The SMILES string of the molecule is C=C1CC[C@H](O)C/C1=C/C=C1\CCC[C@]2(C)C(C(C)CCC(F)(F)S(C)(=O)=O)=CC[C@@H]12. The van der Waals surface area contributed by atoms with Crippen LogP contribution in [0.15, 0.2) is 47.1 Å². The van der Waals surface area contributed by atoms with Crippen molar-refractivity contribution in [3.63, 3.8) is 0 Å². The van der Waals surface area contributed by atoms with Gasteiger partial charge in [-0.15, -0.1) is 0 Å². The summed E-state index contributed by atoms with van der Waals surface area (Å²) in [5.74, 6) is 0.279. The molecule has 3 aliphatic carbocycles. The Morgan fingerprint density at radius 2 is 2.06 bits per heavy atom. The van der Waals surface area contributed by atoms with E-state index in [2.05, 4.69) is 31.7 Å². The molecular weight excluding hydrogens is 418 g/mol. The van der Waals surface area contributed by atoms with E-state index in [0.717, 1.165) is 49.7 Å². The summed E-state index contributed by atoms with van der Waals surface area (Å²) in [6.45, 7) is 8.33. The van der Waals surface area contributed by atoms with Gasteiger partial charge in [0.1, 0.15) is 0 Å². The van der Waals surface area contributed by atoms with Crippen LogP contribution < -0.4 is 0 Å². The third-order valence-corrected chi connectivity index (χ3v) is 9.03. The van der Waals surface area contributed by atoms with Gasteiger partial charge in [0.2, 0.25) is 9.84 Å². The van der Waals surface area contributed by atoms with Crippen molar-refractivity contribution in [2.75, 3.05) is 6.26 Å². The van der Waals surface area contributed by atoms with Crippen LogP contribution in [0.3, 0.4) is 0 Å². The predicted molar refractivity (Wildman–Crippen MR) is 122 cm³/mol. The molecular formula is C25H36F2O3S. The average molecular weight is 455 g/mol. The maximum Gasteiger partial charge on any atom is 0.345 e. The monoisotopic (exact) mass is 454 g/mol. The average Bonchev–Trinajstić information content (AvgIpc) is 3.03. The largest absolute Gasteiger partial charge is 0.393 e. The number of allylic oxidation sites excluding steroid dienone is 6. The molecule has 0 amide bonds. The van der Waals surface area contributed by atoms with E-state index in [1.54, 1.807) is 0 Å². The van der Waals surface area contributed by atoms with E-state index < -0.39 is 21.5 Å². The molecule has 0 aromatic heterocycles. The minimum absolute atomic E-state index is 0.0640. The van der Waals surface area contributed by atoms with Gasteiger partial charge in [-0.3, -0.25) is 0 Å². The molecule has 1 unspecified atom stereocenters. The molecule has 0 heterocycles. The lowest BCUT2D eigenvalue weighted by atomic mass is 9.62. The minimum atomic E-state index is -4.39. The van der Waals surface area contributed by atoms with Crippen LogP contribution in [0.2, 0.25) is 0 Å². The fraction of sp³-hybridized carbons (Fsp3) is 0.680. The van der Waals surface area contributed by atoms with Gasteiger partial charge >= 0.3 is 5.25 Å². The first-order chi connectivity index (χ1) is 14.3. The van der Waals surface area contributed by atoms with E-state index >= 15 is 0 Å². The first-order valence-electron chi connectivity index (χ1n) is 11.4. The highest BCUT2D eigenvalue weighted by Gasteiger charge is 2.47. The van der Waals surface area contributed by atoms with Crippen molar-refractivity contribution in [3.8, 4) is 0 Å². The molecule has 4 atom stereocenters. The Labute approximate surface area is 185 Å². The lowest BCUT2D eigenvalue weighted by molar-refractivity contribution is 0.0756. The second-order valence-corrected chi connectivity index (χ2v) is 12.1. The van der Waals surface area contributed by atoms with Crippen molar-refractivity contribution in [1.82, 2.24) is 0 Å². The van der Waals surface area contributed by atoms with Gasteiger partial charge in [-0.25, -0.2) is 8.42 Å². The van der Waals surface area contributed by atoms with Crippen molar-refractivity contribution >= 4 is 9.84 Å². The van der Waals surface area contributed by atoms with E-state index in [1.165, 1.54) is 11.1 Å². The summed E-state index contributed by atoms with van der Waals surface area (Å²) in [7, 11) is -4.39. The van der Waals surface area contributed by atoms with Crippen LogP contribution in [0, 0.1) is 17.3 Å². The molecule has 0 bridgehead atoms. The van der Waals surface area contributed by atoms with Crippen LogP contribution in [0.1, 0.15) is 71.6 Å². The number of halogens is 2. The second-order valence-electron chi connectivity index (χ2n) is 10.0. The number of sulfone groups is 1. The van der Waals surface area contributed by atoms with Crippen molar-refractivity contribution in [2.24, 2.45) is 17.3 Å². The standard InChI is InChI=1S/C25H36F2O3S/c1-17-7-10-21(28)16-20(17)9-8-19-6-5-14-24(3)22(11-12-23(19)24)18(2)13-15-25(26,27)31(4,29)30/h8-9,11,18,21,23,28H,1,5-7,10,12-16H2,2-4H3/b19-8+,20-9-/t18?,21-,23-,24+/m0/s1. The summed E-state index contributed by atoms with van der Waals surface area (Å²) in [5.41, 5.74) is 4.75. The number of aliphatic hydroxyl groups is 1. The summed E-state index contributed by atoms with van der Waals surface area (Å²) in [6.07, 6.45) is 12.6. The van der Waals surface area contributed by atoms with Crippen molar-refractivity contribution < 1.29 is 22.3 Å². The van der Waals surface area contributed by atoms with Crippen LogP contribution in [0.25, 0.3) is 0 Å². The highest BCUT2D eigenvalue weighted by molar-refractivity contribution is 7.91. The first kappa shape index (κ1) is 24.4. The summed E-state index contributed by atoms with van der Waals surface area (Å²) in [6, 6.07) is 0. The van der Waals surface area contributed by atoms with Crippen LogP contribution in [0.4, 0.5) is 8.78 Å². The molecule has 0 spiro atoms. The Bertz CT molecular complexity index is 913. The number of fused-ring (bicyclic) bond motifs is 1. The van der Waals surface area contributed by atoms with Gasteiger partial charge in [0.15, 0.2) is 0 Å². The van der Waals surface area contributed by atoms with E-state index in [9.17, 15) is 22.3 Å². The lowest BCUT2D eigenvalue weighted by Crippen LogP contribution is -2.33. The molecule has 31 heavy (non-hydrogen) atoms. The zero-order valence-electron chi connectivity index (χ0n) is 19.0. The fourth-order valence-electron chi connectivity index (χ4n) is 5.74. The maximum atomic E-state index is 14.0. The Hall–Kier alpha value is -1.27. The van der Waals surface area contributed by atoms with Crippen LogP contribution in [-0.4, -0.2) is 31.1 Å². The smallest absolute Gasteiger partial charge is 0.345 e. The lowest BCUT2D eigenvalue weighted by Gasteiger charge is -2.42. The number of hydrogen-bond donors (Lipinski definition) is 1. The van der Waals surface area contributed by atoms with Gasteiger partial charge in [0.05, 0.1) is 6.10 Å². The number of hydrogen-bond acceptors (Lipinski definition) is 3. The molecule has 2 saturated carbocycles. The van der Waals surface area contributed by atoms with Crippen molar-refractivity contribution in [1.29, 1.82) is 0 Å². The molecule has 0 aliphatic heterocycles. The molecule has 174 valence electrons. The van der Waals surface area contributed by atoms with E-state index in [4.69, 9.17) is 0 Å². The third-order valence-electron chi connectivity index (χ3n) is 7.74. The van der Waals surface area contributed by atoms with E-state index in [-0.39, 0.29) is 23.9 Å². The van der Waals surface area contributed by atoms with E-state index in [1.807, 2.05) is 6.92 Å². The molecule has 6 heteroatoms. The highest BCUT2D eigenvalue weighted by Crippen LogP contribution is 2.57.